The molecule has 0 amide bonds. The molecular weight excluding hydrogens is 249 g/mol. The van der Waals surface area contributed by atoms with E-state index in [0.29, 0.717) is 0 Å². The summed E-state index contributed by atoms with van der Waals surface area (Å²) in [5.41, 5.74) is -0.372. The molecule has 0 saturated heterocycles. The topological polar surface area (TPSA) is 83.9 Å². The molecule has 0 bridgehead atoms. The van der Waals surface area contributed by atoms with E-state index in [-0.39, 0.29) is 17.1 Å². The standard InChI is InChI=1S/C10H11F3N4O/c1-6(17-14)8(5-18)16-7-2-3-9(15-4-7)10(11,12)13/h2-4,18H,5,14H2,1H3. The molecule has 0 aliphatic carbocycles. The summed E-state index contributed by atoms with van der Waals surface area (Å²) in [5.74, 6) is 5.01. The van der Waals surface area contributed by atoms with Crippen LogP contribution in [0.1, 0.15) is 12.6 Å². The first-order chi connectivity index (χ1) is 8.38. The van der Waals surface area contributed by atoms with Crippen molar-refractivity contribution in [3.8, 4) is 0 Å². The summed E-state index contributed by atoms with van der Waals surface area (Å²) >= 11 is 0. The van der Waals surface area contributed by atoms with Crippen molar-refractivity contribution in [1.29, 1.82) is 0 Å². The Labute approximate surface area is 101 Å². The molecule has 0 aliphatic rings. The summed E-state index contributed by atoms with van der Waals surface area (Å²) in [7, 11) is 0. The monoisotopic (exact) mass is 260 g/mol. The summed E-state index contributed by atoms with van der Waals surface area (Å²) < 4.78 is 36.8. The van der Waals surface area contributed by atoms with Crippen LogP contribution in [0.5, 0.6) is 0 Å². The molecule has 0 unspecified atom stereocenters. The van der Waals surface area contributed by atoms with Crippen molar-refractivity contribution < 1.29 is 18.3 Å². The largest absolute Gasteiger partial charge is 0.433 e. The van der Waals surface area contributed by atoms with Gasteiger partial charge < -0.3 is 10.9 Å². The third-order valence-electron chi connectivity index (χ3n) is 2.06. The highest BCUT2D eigenvalue weighted by Gasteiger charge is 2.31. The summed E-state index contributed by atoms with van der Waals surface area (Å²) in [6.07, 6.45) is -3.53. The number of pyridine rings is 1. The number of alkyl halides is 3. The second kappa shape index (κ2) is 5.58. The Hall–Kier alpha value is -1.96. The normalized spacial score (nSPS) is 13.8. The predicted molar refractivity (Wildman–Crippen MR) is 60.7 cm³/mol. The van der Waals surface area contributed by atoms with Crippen LogP contribution in [0.2, 0.25) is 0 Å². The lowest BCUT2D eigenvalue weighted by atomic mass is 10.2. The van der Waals surface area contributed by atoms with Crippen molar-refractivity contribution in [2.45, 2.75) is 13.1 Å². The molecule has 18 heavy (non-hydrogen) atoms. The molecule has 0 atom stereocenters. The lowest BCUT2D eigenvalue weighted by Gasteiger charge is -2.05. The van der Waals surface area contributed by atoms with E-state index in [2.05, 4.69) is 15.1 Å². The summed E-state index contributed by atoms with van der Waals surface area (Å²) in [6, 6.07) is 1.96. The number of aliphatic hydroxyl groups is 1. The fraction of sp³-hybridized carbons (Fsp3) is 0.300. The van der Waals surface area contributed by atoms with Gasteiger partial charge in [-0.15, -0.1) is 0 Å². The molecule has 0 aliphatic heterocycles. The Morgan fingerprint density at radius 2 is 2.11 bits per heavy atom. The quantitative estimate of drug-likeness (QED) is 0.490. The van der Waals surface area contributed by atoms with E-state index in [1.165, 1.54) is 6.92 Å². The van der Waals surface area contributed by atoms with Crippen LogP contribution in [0.4, 0.5) is 18.9 Å². The number of rotatable bonds is 3. The van der Waals surface area contributed by atoms with Crippen molar-refractivity contribution in [1.82, 2.24) is 4.98 Å². The molecule has 5 nitrogen and oxygen atoms in total. The fourth-order valence-electron chi connectivity index (χ4n) is 1.08. The Kier molecular flexibility index (Phi) is 4.38. The van der Waals surface area contributed by atoms with Crippen molar-refractivity contribution in [2.24, 2.45) is 15.9 Å². The Morgan fingerprint density at radius 3 is 2.50 bits per heavy atom. The maximum Gasteiger partial charge on any atom is 0.433 e. The molecule has 3 N–H and O–H groups in total. The van der Waals surface area contributed by atoms with Gasteiger partial charge in [-0.2, -0.15) is 18.3 Å². The summed E-state index contributed by atoms with van der Waals surface area (Å²) in [5, 5.41) is 12.3. The van der Waals surface area contributed by atoms with Crippen LogP contribution in [0, 0.1) is 0 Å². The van der Waals surface area contributed by atoms with E-state index in [9.17, 15) is 13.2 Å². The van der Waals surface area contributed by atoms with Gasteiger partial charge in [-0.25, -0.2) is 9.98 Å². The van der Waals surface area contributed by atoms with Gasteiger partial charge in [0.05, 0.1) is 29.9 Å². The molecule has 0 fully saturated rings. The van der Waals surface area contributed by atoms with Gasteiger partial charge in [0.25, 0.3) is 0 Å². The first kappa shape index (κ1) is 14.1. The van der Waals surface area contributed by atoms with Crippen molar-refractivity contribution >= 4 is 17.1 Å². The highest BCUT2D eigenvalue weighted by Crippen LogP contribution is 2.28. The van der Waals surface area contributed by atoms with Crippen LogP contribution in [0.25, 0.3) is 0 Å². The number of nitrogens with two attached hydrogens (primary N) is 1. The molecule has 0 aromatic carbocycles. The summed E-state index contributed by atoms with van der Waals surface area (Å²) in [4.78, 5) is 7.13. The SMILES string of the molecule is CC(=NN)C(CO)=Nc1ccc(C(F)(F)F)nc1. The molecule has 1 aromatic rings. The number of halogens is 3. The van der Waals surface area contributed by atoms with E-state index < -0.39 is 18.5 Å². The molecule has 1 heterocycles. The minimum Gasteiger partial charge on any atom is -0.390 e. The number of nitrogens with zero attached hydrogens (tertiary/aromatic N) is 3. The van der Waals surface area contributed by atoms with Crippen LogP contribution < -0.4 is 5.84 Å². The third-order valence-corrected chi connectivity index (χ3v) is 2.06. The van der Waals surface area contributed by atoms with E-state index in [1.807, 2.05) is 0 Å². The minimum absolute atomic E-state index is 0.166. The van der Waals surface area contributed by atoms with Gasteiger partial charge in [-0.05, 0) is 19.1 Å². The van der Waals surface area contributed by atoms with E-state index in [1.54, 1.807) is 0 Å². The average molecular weight is 260 g/mol. The number of aliphatic imine (C=N–C) groups is 1. The maximum atomic E-state index is 12.3. The zero-order chi connectivity index (χ0) is 13.8. The molecule has 8 heteroatoms. The van der Waals surface area contributed by atoms with Crippen LogP contribution in [-0.2, 0) is 6.18 Å². The van der Waals surface area contributed by atoms with Crippen molar-refractivity contribution in [3.05, 3.63) is 24.0 Å². The second-order valence-corrected chi connectivity index (χ2v) is 3.33. The highest BCUT2D eigenvalue weighted by molar-refractivity contribution is 6.42. The van der Waals surface area contributed by atoms with Crippen LogP contribution >= 0.6 is 0 Å². The second-order valence-electron chi connectivity index (χ2n) is 3.33. The van der Waals surface area contributed by atoms with Gasteiger partial charge in [-0.3, -0.25) is 0 Å². The molecular formula is C10H11F3N4O. The van der Waals surface area contributed by atoms with Gasteiger partial charge >= 0.3 is 6.18 Å². The van der Waals surface area contributed by atoms with E-state index in [0.717, 1.165) is 18.3 Å². The minimum atomic E-state index is -4.49. The zero-order valence-electron chi connectivity index (χ0n) is 9.44. The highest BCUT2D eigenvalue weighted by atomic mass is 19.4. The number of hydrazone groups is 1. The van der Waals surface area contributed by atoms with Gasteiger partial charge in [-0.1, -0.05) is 0 Å². The Morgan fingerprint density at radius 1 is 1.44 bits per heavy atom. The average Bonchev–Trinajstić information content (AvgIpc) is 2.34. The number of hydrogen-bond acceptors (Lipinski definition) is 5. The molecule has 1 rings (SSSR count). The molecule has 0 saturated carbocycles. The number of aromatic nitrogens is 1. The Balaban J connectivity index is 3.02. The van der Waals surface area contributed by atoms with Crippen LogP contribution in [0.15, 0.2) is 28.4 Å². The first-order valence-electron chi connectivity index (χ1n) is 4.85. The Bertz CT molecular complexity index is 465. The molecule has 0 spiro atoms. The van der Waals surface area contributed by atoms with Crippen LogP contribution in [0.3, 0.4) is 0 Å². The van der Waals surface area contributed by atoms with Gasteiger partial charge in [0.1, 0.15) is 5.69 Å². The smallest absolute Gasteiger partial charge is 0.390 e. The number of hydrogen-bond donors (Lipinski definition) is 2. The summed E-state index contributed by atoms with van der Waals surface area (Å²) in [6.45, 7) is 1.10. The van der Waals surface area contributed by atoms with Gasteiger partial charge in [0.2, 0.25) is 0 Å². The zero-order valence-corrected chi connectivity index (χ0v) is 9.44. The molecule has 98 valence electrons. The fourth-order valence-corrected chi connectivity index (χ4v) is 1.08. The van der Waals surface area contributed by atoms with E-state index >= 15 is 0 Å². The van der Waals surface area contributed by atoms with Crippen LogP contribution in [-0.4, -0.2) is 28.1 Å². The van der Waals surface area contributed by atoms with Crippen molar-refractivity contribution in [2.75, 3.05) is 6.61 Å². The molecule has 0 radical (unpaired) electrons. The van der Waals surface area contributed by atoms with Gasteiger partial charge in [0, 0.05) is 0 Å². The maximum absolute atomic E-state index is 12.3. The van der Waals surface area contributed by atoms with E-state index in [4.69, 9.17) is 10.9 Å². The van der Waals surface area contributed by atoms with Crippen molar-refractivity contribution in [3.63, 3.8) is 0 Å². The lowest BCUT2D eigenvalue weighted by Crippen LogP contribution is -2.16. The number of aliphatic hydroxyl groups excluding tert-OH is 1. The molecule has 1 aromatic heterocycles. The first-order valence-corrected chi connectivity index (χ1v) is 4.85. The van der Waals surface area contributed by atoms with Gasteiger partial charge in [0.15, 0.2) is 0 Å². The predicted octanol–water partition coefficient (Wildman–Crippen LogP) is 1.50. The third kappa shape index (κ3) is 3.52. The lowest BCUT2D eigenvalue weighted by molar-refractivity contribution is -0.141.